The second-order valence-corrected chi connectivity index (χ2v) is 5.60. The van der Waals surface area contributed by atoms with E-state index in [1.54, 1.807) is 0 Å². The molecule has 0 saturated heterocycles. The SMILES string of the molecule is Cc1ccc2c(c1)[C@@H](N)CC(c1ccc3c(c1)OCO3)O2. The summed E-state index contributed by atoms with van der Waals surface area (Å²) in [5, 5.41) is 0. The summed E-state index contributed by atoms with van der Waals surface area (Å²) in [6.07, 6.45) is 0.709. The van der Waals surface area contributed by atoms with Crippen molar-refractivity contribution in [3.05, 3.63) is 53.1 Å². The van der Waals surface area contributed by atoms with Gasteiger partial charge in [-0.05, 0) is 30.7 Å². The molecule has 4 nitrogen and oxygen atoms in total. The van der Waals surface area contributed by atoms with E-state index in [2.05, 4.69) is 13.0 Å². The summed E-state index contributed by atoms with van der Waals surface area (Å²) in [5.74, 6) is 2.44. The van der Waals surface area contributed by atoms with Gasteiger partial charge in [0.15, 0.2) is 11.5 Å². The van der Waals surface area contributed by atoms with Crippen molar-refractivity contribution in [3.63, 3.8) is 0 Å². The lowest BCUT2D eigenvalue weighted by Crippen LogP contribution is -2.24. The Morgan fingerprint density at radius 3 is 2.71 bits per heavy atom. The van der Waals surface area contributed by atoms with Gasteiger partial charge in [-0.25, -0.2) is 0 Å². The van der Waals surface area contributed by atoms with Gasteiger partial charge in [-0.15, -0.1) is 0 Å². The average Bonchev–Trinajstić information content (AvgIpc) is 2.95. The van der Waals surface area contributed by atoms with Crippen molar-refractivity contribution in [1.29, 1.82) is 0 Å². The van der Waals surface area contributed by atoms with E-state index in [-0.39, 0.29) is 18.9 Å². The summed E-state index contributed by atoms with van der Waals surface area (Å²) in [4.78, 5) is 0. The molecule has 2 aromatic carbocycles. The van der Waals surface area contributed by atoms with Gasteiger partial charge in [0.2, 0.25) is 6.79 Å². The van der Waals surface area contributed by atoms with Crippen molar-refractivity contribution in [2.45, 2.75) is 25.5 Å². The van der Waals surface area contributed by atoms with E-state index in [0.29, 0.717) is 0 Å². The van der Waals surface area contributed by atoms with Crippen LogP contribution in [0.2, 0.25) is 0 Å². The van der Waals surface area contributed by atoms with Crippen LogP contribution in [0.15, 0.2) is 36.4 Å². The molecule has 0 saturated carbocycles. The fourth-order valence-corrected chi connectivity index (χ4v) is 2.94. The van der Waals surface area contributed by atoms with Gasteiger partial charge in [-0.2, -0.15) is 0 Å². The Hall–Kier alpha value is -2.20. The molecule has 108 valence electrons. The van der Waals surface area contributed by atoms with Crippen LogP contribution in [0.1, 0.15) is 35.3 Å². The number of ether oxygens (including phenoxy) is 3. The zero-order valence-corrected chi connectivity index (χ0v) is 11.8. The Bertz CT molecular complexity index is 698. The molecule has 2 aromatic rings. The van der Waals surface area contributed by atoms with Crippen molar-refractivity contribution in [2.75, 3.05) is 6.79 Å². The van der Waals surface area contributed by atoms with Gasteiger partial charge in [0.25, 0.3) is 0 Å². The monoisotopic (exact) mass is 283 g/mol. The molecule has 4 rings (SSSR count). The van der Waals surface area contributed by atoms with Crippen LogP contribution in [0.25, 0.3) is 0 Å². The fraction of sp³-hybridized carbons (Fsp3) is 0.294. The number of nitrogens with two attached hydrogens (primary N) is 1. The molecule has 1 unspecified atom stereocenters. The second kappa shape index (κ2) is 4.67. The molecule has 2 aliphatic heterocycles. The first-order valence-corrected chi connectivity index (χ1v) is 7.13. The number of benzene rings is 2. The highest BCUT2D eigenvalue weighted by Gasteiger charge is 2.28. The first-order chi connectivity index (χ1) is 10.2. The molecule has 0 radical (unpaired) electrons. The molecule has 0 amide bonds. The van der Waals surface area contributed by atoms with Gasteiger partial charge in [0, 0.05) is 18.0 Å². The smallest absolute Gasteiger partial charge is 0.231 e. The van der Waals surface area contributed by atoms with Gasteiger partial charge in [0.1, 0.15) is 11.9 Å². The summed E-state index contributed by atoms with van der Waals surface area (Å²) < 4.78 is 16.9. The van der Waals surface area contributed by atoms with Crippen LogP contribution in [0.4, 0.5) is 0 Å². The predicted molar refractivity (Wildman–Crippen MR) is 78.7 cm³/mol. The fourth-order valence-electron chi connectivity index (χ4n) is 2.94. The minimum atomic E-state index is -0.0512. The van der Waals surface area contributed by atoms with Crippen LogP contribution < -0.4 is 19.9 Å². The van der Waals surface area contributed by atoms with Crippen LogP contribution in [-0.2, 0) is 0 Å². The Balaban J connectivity index is 1.67. The van der Waals surface area contributed by atoms with Crippen LogP contribution in [0, 0.1) is 6.92 Å². The molecule has 2 N–H and O–H groups in total. The average molecular weight is 283 g/mol. The molecule has 0 spiro atoms. The lowest BCUT2D eigenvalue weighted by atomic mass is 9.92. The molecule has 21 heavy (non-hydrogen) atoms. The highest BCUT2D eigenvalue weighted by molar-refractivity contribution is 5.47. The van der Waals surface area contributed by atoms with Crippen molar-refractivity contribution in [3.8, 4) is 17.2 Å². The van der Waals surface area contributed by atoms with Crippen LogP contribution in [0.3, 0.4) is 0 Å². The summed E-state index contributed by atoms with van der Waals surface area (Å²) in [7, 11) is 0. The van der Waals surface area contributed by atoms with Crippen LogP contribution in [0.5, 0.6) is 17.2 Å². The largest absolute Gasteiger partial charge is 0.485 e. The van der Waals surface area contributed by atoms with Crippen LogP contribution in [-0.4, -0.2) is 6.79 Å². The van der Waals surface area contributed by atoms with Crippen molar-refractivity contribution < 1.29 is 14.2 Å². The molecular weight excluding hydrogens is 266 g/mol. The molecule has 0 bridgehead atoms. The molecule has 0 fully saturated rings. The quantitative estimate of drug-likeness (QED) is 0.873. The molecule has 4 heteroatoms. The van der Waals surface area contributed by atoms with Crippen molar-refractivity contribution in [1.82, 2.24) is 0 Å². The summed E-state index contributed by atoms with van der Waals surface area (Å²) in [6.45, 7) is 2.35. The Labute approximate surface area is 123 Å². The molecule has 0 aromatic heterocycles. The van der Waals surface area contributed by atoms with Gasteiger partial charge in [0.05, 0.1) is 0 Å². The third-order valence-corrected chi connectivity index (χ3v) is 4.07. The highest BCUT2D eigenvalue weighted by atomic mass is 16.7. The van der Waals surface area contributed by atoms with Crippen LogP contribution >= 0.6 is 0 Å². The lowest BCUT2D eigenvalue weighted by Gasteiger charge is -2.31. The van der Waals surface area contributed by atoms with E-state index >= 15 is 0 Å². The van der Waals surface area contributed by atoms with E-state index in [9.17, 15) is 0 Å². The maximum absolute atomic E-state index is 6.32. The van der Waals surface area contributed by atoms with Crippen molar-refractivity contribution in [2.24, 2.45) is 5.73 Å². The third kappa shape index (κ3) is 2.12. The van der Waals surface area contributed by atoms with Gasteiger partial charge in [-0.1, -0.05) is 23.8 Å². The maximum Gasteiger partial charge on any atom is 0.231 e. The van der Waals surface area contributed by atoms with Gasteiger partial charge >= 0.3 is 0 Å². The topological polar surface area (TPSA) is 53.7 Å². The Kier molecular flexibility index (Phi) is 2.79. The summed E-state index contributed by atoms with van der Waals surface area (Å²) in [5.41, 5.74) is 9.68. The highest BCUT2D eigenvalue weighted by Crippen LogP contribution is 2.42. The second-order valence-electron chi connectivity index (χ2n) is 5.60. The lowest BCUT2D eigenvalue weighted by molar-refractivity contribution is 0.160. The number of aryl methyl sites for hydroxylation is 1. The van der Waals surface area contributed by atoms with E-state index < -0.39 is 0 Å². The normalized spacial score (nSPS) is 22.6. The number of hydrogen-bond acceptors (Lipinski definition) is 4. The predicted octanol–water partition coefficient (Wildman–Crippen LogP) is 3.25. The Morgan fingerprint density at radius 2 is 1.81 bits per heavy atom. The standard InChI is InChI=1S/C17H17NO3/c1-10-2-4-14-12(6-10)13(18)8-16(21-14)11-3-5-15-17(7-11)20-9-19-15/h2-7,13,16H,8-9,18H2,1H3/t13-,16?/m0/s1. The van der Waals surface area contributed by atoms with Gasteiger partial charge < -0.3 is 19.9 Å². The molecule has 0 aliphatic carbocycles. The Morgan fingerprint density at radius 1 is 1.00 bits per heavy atom. The number of hydrogen-bond donors (Lipinski definition) is 1. The van der Waals surface area contributed by atoms with E-state index in [0.717, 1.165) is 34.8 Å². The van der Waals surface area contributed by atoms with Crippen molar-refractivity contribution >= 4 is 0 Å². The van der Waals surface area contributed by atoms with E-state index in [4.69, 9.17) is 19.9 Å². The third-order valence-electron chi connectivity index (χ3n) is 4.07. The zero-order valence-electron chi connectivity index (χ0n) is 11.8. The minimum Gasteiger partial charge on any atom is -0.485 e. The van der Waals surface area contributed by atoms with E-state index in [1.807, 2.05) is 30.3 Å². The number of rotatable bonds is 1. The minimum absolute atomic E-state index is 0.0101. The molecule has 2 atom stereocenters. The summed E-state index contributed by atoms with van der Waals surface area (Å²) in [6, 6.07) is 12.1. The molecule has 2 heterocycles. The first-order valence-electron chi connectivity index (χ1n) is 7.13. The summed E-state index contributed by atoms with van der Waals surface area (Å²) >= 11 is 0. The first kappa shape index (κ1) is 12.5. The molecular formula is C17H17NO3. The molecule has 2 aliphatic rings. The van der Waals surface area contributed by atoms with Gasteiger partial charge in [-0.3, -0.25) is 0 Å². The van der Waals surface area contributed by atoms with E-state index in [1.165, 1.54) is 5.56 Å². The zero-order chi connectivity index (χ0) is 14.4. The number of fused-ring (bicyclic) bond motifs is 2. The maximum atomic E-state index is 6.32.